The fraction of sp³-hybridized carbons (Fsp3) is 0.421. The molecule has 1 amide bonds. The minimum absolute atomic E-state index is 0.0155. The highest BCUT2D eigenvalue weighted by atomic mass is 35.5. The molecule has 3 fully saturated rings. The maximum Gasteiger partial charge on any atom is 0.329 e. The standard InChI is InChI=1S/C38H36ClF3N10O2S/c1-4-50(28-8-11-51(20(28)3)37(53)52-18-46-27(15-44)19(52)2)35-23-12-25(39)30(22-6-7-26(41)33-29(22)24(14-43)34(45)55-33)31(42)32(23)47-36(48-35)54-17-38-9-5-10-49(38)16-21(40)13-38/h6-7,12,18,20-21,28H,4-5,8-11,13,16-17,45H2,1-3H3/t20-,21-,28-,38?/m1/s1. The van der Waals surface area contributed by atoms with Gasteiger partial charge in [-0.25, -0.2) is 22.9 Å². The number of carbonyl (C=O) groups is 1. The van der Waals surface area contributed by atoms with Crippen molar-refractivity contribution in [3.8, 4) is 29.3 Å². The van der Waals surface area contributed by atoms with E-state index in [4.69, 9.17) is 27.1 Å². The molecule has 2 aromatic carbocycles. The quantitative estimate of drug-likeness (QED) is 0.179. The van der Waals surface area contributed by atoms with Gasteiger partial charge in [-0.15, -0.1) is 11.3 Å². The topological polar surface area (TPSA) is 153 Å². The second-order valence-corrected chi connectivity index (χ2v) is 15.9. The van der Waals surface area contributed by atoms with Crippen molar-refractivity contribution in [1.82, 2.24) is 29.3 Å². The molecule has 3 aliphatic heterocycles. The Morgan fingerprint density at radius 3 is 2.76 bits per heavy atom. The number of amides is 1. The van der Waals surface area contributed by atoms with Crippen molar-refractivity contribution >= 4 is 60.8 Å². The summed E-state index contributed by atoms with van der Waals surface area (Å²) in [6.45, 7) is 7.46. The van der Waals surface area contributed by atoms with Gasteiger partial charge in [-0.1, -0.05) is 17.7 Å². The van der Waals surface area contributed by atoms with Crippen molar-refractivity contribution in [1.29, 1.82) is 10.5 Å². The second-order valence-electron chi connectivity index (χ2n) is 14.4. The number of hydrogen-bond acceptors (Lipinski definition) is 11. The maximum absolute atomic E-state index is 17.3. The highest BCUT2D eigenvalue weighted by Crippen LogP contribution is 2.46. The molecule has 6 heterocycles. The van der Waals surface area contributed by atoms with Crippen LogP contribution in [0, 0.1) is 41.2 Å². The van der Waals surface area contributed by atoms with Crippen LogP contribution < -0.4 is 15.4 Å². The third kappa shape index (κ3) is 5.81. The maximum atomic E-state index is 17.3. The molecular formula is C38H36ClF3N10O2S. The molecule has 0 aliphatic carbocycles. The minimum Gasteiger partial charge on any atom is -0.461 e. The van der Waals surface area contributed by atoms with E-state index in [2.05, 4.69) is 14.9 Å². The lowest BCUT2D eigenvalue weighted by molar-refractivity contribution is 0.107. The van der Waals surface area contributed by atoms with E-state index < -0.39 is 23.3 Å². The number of benzene rings is 2. The number of carbonyl (C=O) groups excluding carboxylic acids is 1. The number of hydrogen-bond donors (Lipinski definition) is 1. The van der Waals surface area contributed by atoms with Crippen LogP contribution in [0.4, 0.5) is 28.8 Å². The van der Waals surface area contributed by atoms with Crippen LogP contribution in [0.5, 0.6) is 6.01 Å². The third-order valence-electron chi connectivity index (χ3n) is 11.6. The van der Waals surface area contributed by atoms with Gasteiger partial charge in [0.15, 0.2) is 11.5 Å². The molecule has 17 heteroatoms. The lowest BCUT2D eigenvalue weighted by Gasteiger charge is -2.35. The van der Waals surface area contributed by atoms with Crippen LogP contribution in [0.3, 0.4) is 0 Å². The molecule has 12 nitrogen and oxygen atoms in total. The van der Waals surface area contributed by atoms with E-state index in [0.29, 0.717) is 44.0 Å². The Bertz CT molecular complexity index is 2480. The van der Waals surface area contributed by atoms with Gasteiger partial charge in [0.1, 0.15) is 53.4 Å². The summed E-state index contributed by atoms with van der Waals surface area (Å²) in [5, 5.41) is 19.8. The summed E-state index contributed by atoms with van der Waals surface area (Å²) in [5.74, 6) is -1.12. The van der Waals surface area contributed by atoms with E-state index in [1.807, 2.05) is 30.9 Å². The van der Waals surface area contributed by atoms with Crippen LogP contribution in [0.25, 0.3) is 32.1 Å². The number of likely N-dealkylation sites (N-methyl/N-ethyl adjacent to an activating group) is 1. The van der Waals surface area contributed by atoms with E-state index >= 15 is 8.78 Å². The fourth-order valence-corrected chi connectivity index (χ4v) is 10.1. The predicted molar refractivity (Wildman–Crippen MR) is 203 cm³/mol. The average Bonchev–Trinajstić information content (AvgIpc) is 3.97. The van der Waals surface area contributed by atoms with Gasteiger partial charge in [0, 0.05) is 42.4 Å². The van der Waals surface area contributed by atoms with E-state index in [1.54, 1.807) is 17.9 Å². The number of fused-ring (bicyclic) bond motifs is 3. The number of anilines is 2. The Kier molecular flexibility index (Phi) is 9.27. The number of ether oxygens (including phenoxy) is 1. The van der Waals surface area contributed by atoms with Gasteiger partial charge in [-0.2, -0.15) is 20.5 Å². The lowest BCUT2D eigenvalue weighted by atomic mass is 9.95. The normalized spacial score (nSPS) is 22.3. The zero-order chi connectivity index (χ0) is 38.9. The smallest absolute Gasteiger partial charge is 0.329 e. The van der Waals surface area contributed by atoms with Gasteiger partial charge in [-0.05, 0) is 64.3 Å². The zero-order valence-corrected chi connectivity index (χ0v) is 31.8. The van der Waals surface area contributed by atoms with Crippen LogP contribution in [-0.2, 0) is 0 Å². The van der Waals surface area contributed by atoms with Gasteiger partial charge in [0.05, 0.1) is 38.6 Å². The molecule has 3 aliphatic rings. The molecule has 284 valence electrons. The Balaban J connectivity index is 1.25. The number of nitriles is 2. The van der Waals surface area contributed by atoms with E-state index in [1.165, 1.54) is 23.0 Å². The molecule has 4 atom stereocenters. The summed E-state index contributed by atoms with van der Waals surface area (Å²) in [6, 6.07) is 7.03. The van der Waals surface area contributed by atoms with Gasteiger partial charge < -0.3 is 20.3 Å². The lowest BCUT2D eigenvalue weighted by Crippen LogP contribution is -2.47. The molecule has 8 rings (SSSR count). The van der Waals surface area contributed by atoms with Crippen LogP contribution in [0.1, 0.15) is 56.5 Å². The van der Waals surface area contributed by atoms with Gasteiger partial charge in [-0.3, -0.25) is 9.47 Å². The van der Waals surface area contributed by atoms with E-state index in [9.17, 15) is 19.7 Å². The molecule has 0 radical (unpaired) electrons. The van der Waals surface area contributed by atoms with Crippen molar-refractivity contribution in [2.24, 2.45) is 0 Å². The summed E-state index contributed by atoms with van der Waals surface area (Å²) in [4.78, 5) is 33.0. The van der Waals surface area contributed by atoms with Crippen LogP contribution in [0.2, 0.25) is 5.02 Å². The Labute approximate surface area is 323 Å². The van der Waals surface area contributed by atoms with E-state index in [-0.39, 0.29) is 84.1 Å². The first kappa shape index (κ1) is 36.8. The number of thiophene rings is 1. The number of imidazole rings is 1. The van der Waals surface area contributed by atoms with E-state index in [0.717, 1.165) is 30.7 Å². The zero-order valence-electron chi connectivity index (χ0n) is 30.2. The summed E-state index contributed by atoms with van der Waals surface area (Å²) in [6.07, 6.45) is 2.84. The van der Waals surface area contributed by atoms with Crippen molar-refractivity contribution in [2.45, 2.75) is 70.2 Å². The molecular weight excluding hydrogens is 753 g/mol. The van der Waals surface area contributed by atoms with Crippen molar-refractivity contribution in [3.63, 3.8) is 0 Å². The number of halogens is 4. The molecule has 3 saturated heterocycles. The van der Waals surface area contributed by atoms with Crippen molar-refractivity contribution < 1.29 is 22.7 Å². The summed E-state index contributed by atoms with van der Waals surface area (Å²) in [7, 11) is 0. The number of aromatic nitrogens is 4. The van der Waals surface area contributed by atoms with Crippen LogP contribution in [-0.4, -0.2) is 91.9 Å². The number of nitrogens with two attached hydrogens (primary N) is 1. The molecule has 5 aromatic rings. The van der Waals surface area contributed by atoms with Crippen LogP contribution >= 0.6 is 22.9 Å². The molecule has 0 spiro atoms. The van der Waals surface area contributed by atoms with Crippen molar-refractivity contribution in [2.75, 3.05) is 43.4 Å². The summed E-state index contributed by atoms with van der Waals surface area (Å²) >= 11 is 7.83. The first-order chi connectivity index (χ1) is 26.4. The second kappa shape index (κ2) is 13.8. The number of alkyl halides is 1. The molecule has 55 heavy (non-hydrogen) atoms. The first-order valence-electron chi connectivity index (χ1n) is 18.1. The van der Waals surface area contributed by atoms with Gasteiger partial charge in [0.2, 0.25) is 0 Å². The fourth-order valence-electron chi connectivity index (χ4n) is 8.85. The Morgan fingerprint density at radius 2 is 2.04 bits per heavy atom. The molecule has 2 N–H and O–H groups in total. The molecule has 1 unspecified atom stereocenters. The summed E-state index contributed by atoms with van der Waals surface area (Å²) < 4.78 is 54.8. The average molecular weight is 789 g/mol. The molecule has 0 saturated carbocycles. The Hall–Kier alpha value is -5.16. The number of nitrogens with zero attached hydrogens (tertiary/aromatic N) is 9. The minimum atomic E-state index is -0.987. The monoisotopic (exact) mass is 788 g/mol. The SMILES string of the molecule is CCN(c1nc(OCC23CCCN2C[C@H](F)C3)nc2c(F)c(-c3ccc(F)c4sc(N)c(C#N)c34)c(Cl)cc12)[C@@H]1CCN(C(=O)n2cnc(C#N)c2C)[C@@H]1C. The van der Waals surface area contributed by atoms with Gasteiger partial charge in [0.25, 0.3) is 0 Å². The number of likely N-dealkylation sites (tertiary alicyclic amines) is 1. The molecule has 0 bridgehead atoms. The molecule has 3 aromatic heterocycles. The largest absolute Gasteiger partial charge is 0.461 e. The number of rotatable bonds is 7. The highest BCUT2D eigenvalue weighted by molar-refractivity contribution is 7.23. The van der Waals surface area contributed by atoms with Gasteiger partial charge >= 0.3 is 12.0 Å². The third-order valence-corrected chi connectivity index (χ3v) is 12.9. The first-order valence-corrected chi connectivity index (χ1v) is 19.2. The van der Waals surface area contributed by atoms with Crippen LogP contribution in [0.15, 0.2) is 24.5 Å². The predicted octanol–water partition coefficient (Wildman–Crippen LogP) is 7.19. The highest BCUT2D eigenvalue weighted by Gasteiger charge is 2.49. The summed E-state index contributed by atoms with van der Waals surface area (Å²) in [5.41, 5.74) is 6.15. The number of nitrogen functional groups attached to an aromatic ring is 1. The van der Waals surface area contributed by atoms with Crippen molar-refractivity contribution in [3.05, 3.63) is 58.1 Å². The Morgan fingerprint density at radius 1 is 1.24 bits per heavy atom.